The van der Waals surface area contributed by atoms with Gasteiger partial charge in [-0.25, -0.2) is 0 Å². The molecule has 20 heavy (non-hydrogen) atoms. The van der Waals surface area contributed by atoms with E-state index in [1.54, 1.807) is 0 Å². The molecule has 0 aliphatic carbocycles. The van der Waals surface area contributed by atoms with Crippen molar-refractivity contribution in [3.63, 3.8) is 0 Å². The molecule has 2 bridgehead atoms. The van der Waals surface area contributed by atoms with E-state index in [0.29, 0.717) is 18.0 Å². The standard InChI is InChI=1S/C15H27N3O.ClH/c1-11-9-12(5-7-16-11)15(19)18-8-6-13-3-4-14(10-18)17(13)2;/h11-14,16H,3-10H2,1-2H3;1H/t11-,12-,13?,14?;/m0./s1. The number of carbonyl (C=O) groups excluding carboxylic acids is 1. The highest BCUT2D eigenvalue weighted by atomic mass is 35.5. The molecular formula is C15H28ClN3O. The SMILES string of the molecule is C[C@H]1C[C@@H](C(=O)N2CCC3CCC(C2)N3C)CCN1.Cl. The van der Waals surface area contributed by atoms with Gasteiger partial charge in [-0.2, -0.15) is 0 Å². The largest absolute Gasteiger partial charge is 0.341 e. The lowest BCUT2D eigenvalue weighted by molar-refractivity contribution is -0.137. The van der Waals surface area contributed by atoms with Crippen molar-refractivity contribution in [1.29, 1.82) is 0 Å². The van der Waals surface area contributed by atoms with Crippen LogP contribution in [0.5, 0.6) is 0 Å². The van der Waals surface area contributed by atoms with Gasteiger partial charge in [0.1, 0.15) is 0 Å². The third-order valence-corrected chi connectivity index (χ3v) is 5.43. The summed E-state index contributed by atoms with van der Waals surface area (Å²) in [4.78, 5) is 17.4. The first-order valence-electron chi connectivity index (χ1n) is 7.89. The van der Waals surface area contributed by atoms with E-state index in [1.165, 1.54) is 19.3 Å². The summed E-state index contributed by atoms with van der Waals surface area (Å²) >= 11 is 0. The average molecular weight is 302 g/mol. The van der Waals surface area contributed by atoms with Gasteiger partial charge in [-0.3, -0.25) is 9.69 Å². The van der Waals surface area contributed by atoms with Crippen LogP contribution in [0.2, 0.25) is 0 Å². The highest BCUT2D eigenvalue weighted by molar-refractivity contribution is 5.85. The van der Waals surface area contributed by atoms with Crippen molar-refractivity contribution >= 4 is 18.3 Å². The fourth-order valence-corrected chi connectivity index (χ4v) is 4.12. The molecule has 1 amide bonds. The van der Waals surface area contributed by atoms with Crippen LogP contribution in [0.25, 0.3) is 0 Å². The number of halogens is 1. The molecule has 5 heteroatoms. The maximum Gasteiger partial charge on any atom is 0.225 e. The number of carbonyl (C=O) groups is 1. The molecule has 0 aromatic rings. The number of hydrogen-bond donors (Lipinski definition) is 1. The quantitative estimate of drug-likeness (QED) is 0.797. The van der Waals surface area contributed by atoms with Gasteiger partial charge in [-0.1, -0.05) is 0 Å². The van der Waals surface area contributed by atoms with Gasteiger partial charge in [0.25, 0.3) is 0 Å². The Balaban J connectivity index is 0.00000147. The molecule has 4 atom stereocenters. The summed E-state index contributed by atoms with van der Waals surface area (Å²) in [5.74, 6) is 0.687. The molecule has 1 N–H and O–H groups in total. The zero-order valence-corrected chi connectivity index (χ0v) is 13.5. The van der Waals surface area contributed by atoms with Crippen molar-refractivity contribution in [2.24, 2.45) is 5.92 Å². The van der Waals surface area contributed by atoms with E-state index < -0.39 is 0 Å². The normalized spacial score (nSPS) is 38.2. The fraction of sp³-hybridized carbons (Fsp3) is 0.933. The number of rotatable bonds is 1. The Morgan fingerprint density at radius 1 is 1.15 bits per heavy atom. The molecule has 2 unspecified atom stereocenters. The van der Waals surface area contributed by atoms with E-state index in [0.717, 1.165) is 38.5 Å². The summed E-state index contributed by atoms with van der Waals surface area (Å²) < 4.78 is 0. The minimum Gasteiger partial charge on any atom is -0.341 e. The molecule has 4 nitrogen and oxygen atoms in total. The second-order valence-electron chi connectivity index (χ2n) is 6.70. The van der Waals surface area contributed by atoms with Crippen LogP contribution in [0.1, 0.15) is 39.0 Å². The second kappa shape index (κ2) is 6.63. The summed E-state index contributed by atoms with van der Waals surface area (Å²) in [6, 6.07) is 1.82. The Bertz CT molecular complexity index is 352. The topological polar surface area (TPSA) is 35.6 Å². The molecule has 0 saturated carbocycles. The smallest absolute Gasteiger partial charge is 0.225 e. The number of amides is 1. The minimum atomic E-state index is 0. The van der Waals surface area contributed by atoms with Crippen LogP contribution in [0, 0.1) is 5.92 Å². The molecule has 3 aliphatic heterocycles. The molecule has 3 rings (SSSR count). The van der Waals surface area contributed by atoms with E-state index in [-0.39, 0.29) is 18.3 Å². The van der Waals surface area contributed by atoms with Gasteiger partial charge >= 0.3 is 0 Å². The summed E-state index contributed by atoms with van der Waals surface area (Å²) in [5.41, 5.74) is 0. The lowest BCUT2D eigenvalue weighted by Gasteiger charge is -2.33. The number of fused-ring (bicyclic) bond motifs is 2. The Labute approximate surface area is 128 Å². The van der Waals surface area contributed by atoms with E-state index in [1.807, 2.05) is 0 Å². The molecule has 3 saturated heterocycles. The molecule has 116 valence electrons. The van der Waals surface area contributed by atoms with Gasteiger partial charge in [-0.05, 0) is 52.6 Å². The Morgan fingerprint density at radius 3 is 2.65 bits per heavy atom. The summed E-state index contributed by atoms with van der Waals surface area (Å²) in [6.45, 7) is 5.13. The predicted molar refractivity (Wildman–Crippen MR) is 83.2 cm³/mol. The molecule has 0 spiro atoms. The van der Waals surface area contributed by atoms with Crippen LogP contribution in [0.3, 0.4) is 0 Å². The summed E-state index contributed by atoms with van der Waals surface area (Å²) in [7, 11) is 2.24. The van der Waals surface area contributed by atoms with Crippen LogP contribution in [0.15, 0.2) is 0 Å². The maximum absolute atomic E-state index is 12.7. The third-order valence-electron chi connectivity index (χ3n) is 5.43. The van der Waals surface area contributed by atoms with Crippen LogP contribution in [-0.4, -0.2) is 60.5 Å². The van der Waals surface area contributed by atoms with Crippen molar-refractivity contribution in [2.45, 2.75) is 57.2 Å². The van der Waals surface area contributed by atoms with Crippen LogP contribution in [0.4, 0.5) is 0 Å². The third kappa shape index (κ3) is 3.12. The van der Waals surface area contributed by atoms with Gasteiger partial charge in [0.2, 0.25) is 5.91 Å². The highest BCUT2D eigenvalue weighted by Gasteiger charge is 2.37. The first kappa shape index (κ1) is 16.1. The van der Waals surface area contributed by atoms with Gasteiger partial charge in [-0.15, -0.1) is 12.4 Å². The lowest BCUT2D eigenvalue weighted by atomic mass is 9.91. The zero-order valence-electron chi connectivity index (χ0n) is 12.7. The van der Waals surface area contributed by atoms with Crippen molar-refractivity contribution in [1.82, 2.24) is 15.1 Å². The highest BCUT2D eigenvalue weighted by Crippen LogP contribution is 2.30. The fourth-order valence-electron chi connectivity index (χ4n) is 4.12. The molecule has 0 aromatic heterocycles. The predicted octanol–water partition coefficient (Wildman–Crippen LogP) is 1.49. The monoisotopic (exact) mass is 301 g/mol. The molecular weight excluding hydrogens is 274 g/mol. The number of nitrogens with zero attached hydrogens (tertiary/aromatic N) is 2. The average Bonchev–Trinajstić information content (AvgIpc) is 2.62. The maximum atomic E-state index is 12.7. The van der Waals surface area contributed by atoms with Crippen molar-refractivity contribution in [2.75, 3.05) is 26.7 Å². The molecule has 0 aromatic carbocycles. The minimum absolute atomic E-state index is 0. The zero-order chi connectivity index (χ0) is 13.4. The van der Waals surface area contributed by atoms with Gasteiger partial charge in [0, 0.05) is 37.1 Å². The summed E-state index contributed by atoms with van der Waals surface area (Å²) in [5, 5.41) is 3.44. The van der Waals surface area contributed by atoms with Crippen LogP contribution < -0.4 is 5.32 Å². The molecule has 3 aliphatic rings. The van der Waals surface area contributed by atoms with Crippen LogP contribution in [-0.2, 0) is 4.79 Å². The first-order valence-corrected chi connectivity index (χ1v) is 7.89. The summed E-state index contributed by atoms with van der Waals surface area (Å²) in [6.07, 6.45) is 5.79. The van der Waals surface area contributed by atoms with Crippen molar-refractivity contribution in [3.05, 3.63) is 0 Å². The van der Waals surface area contributed by atoms with Crippen molar-refractivity contribution in [3.8, 4) is 0 Å². The molecule has 0 radical (unpaired) electrons. The number of nitrogens with one attached hydrogen (secondary N) is 1. The Kier molecular flexibility index (Phi) is 5.32. The second-order valence-corrected chi connectivity index (χ2v) is 6.70. The first-order chi connectivity index (χ1) is 9.15. The lowest BCUT2D eigenvalue weighted by Crippen LogP contribution is -2.46. The number of hydrogen-bond acceptors (Lipinski definition) is 3. The van der Waals surface area contributed by atoms with Crippen LogP contribution >= 0.6 is 12.4 Å². The van der Waals surface area contributed by atoms with E-state index in [9.17, 15) is 4.79 Å². The van der Waals surface area contributed by atoms with Gasteiger partial charge in [0.05, 0.1) is 0 Å². The van der Waals surface area contributed by atoms with E-state index in [2.05, 4.69) is 29.1 Å². The Morgan fingerprint density at radius 2 is 1.90 bits per heavy atom. The molecule has 3 fully saturated rings. The van der Waals surface area contributed by atoms with E-state index >= 15 is 0 Å². The van der Waals surface area contributed by atoms with E-state index in [4.69, 9.17) is 0 Å². The Hall–Kier alpha value is -0.320. The number of likely N-dealkylation sites (N-methyl/N-ethyl adjacent to an activating group) is 1. The van der Waals surface area contributed by atoms with Gasteiger partial charge in [0.15, 0.2) is 0 Å². The number of piperidine rings is 1. The van der Waals surface area contributed by atoms with Gasteiger partial charge < -0.3 is 10.2 Å². The number of likely N-dealkylation sites (tertiary alicyclic amines) is 1. The molecule has 3 heterocycles. The van der Waals surface area contributed by atoms with Crippen molar-refractivity contribution < 1.29 is 4.79 Å².